The van der Waals surface area contributed by atoms with Crippen LogP contribution in [0.1, 0.15) is 26.2 Å². The molecule has 4 unspecified atom stereocenters. The average Bonchev–Trinajstić information content (AvgIpc) is 2.13. The first-order valence-corrected chi connectivity index (χ1v) is 5.16. The topological polar surface area (TPSA) is 40.5 Å². The molecule has 3 aliphatic carbocycles. The van der Waals surface area contributed by atoms with E-state index >= 15 is 0 Å². The van der Waals surface area contributed by atoms with Crippen LogP contribution in [0.25, 0.3) is 0 Å². The van der Waals surface area contributed by atoms with Gasteiger partial charge in [-0.2, -0.15) is 0 Å². The summed E-state index contributed by atoms with van der Waals surface area (Å²) in [5.74, 6) is -0.00294. The van der Waals surface area contributed by atoms with Gasteiger partial charge in [-0.15, -0.1) is 6.58 Å². The molecule has 2 N–H and O–H groups in total. The molecular formula is C12H18O2. The van der Waals surface area contributed by atoms with E-state index in [2.05, 4.69) is 13.2 Å². The zero-order chi connectivity index (χ0) is 10.6. The average molecular weight is 194 g/mol. The molecule has 3 fully saturated rings. The maximum atomic E-state index is 10.3. The minimum atomic E-state index is -1.15. The summed E-state index contributed by atoms with van der Waals surface area (Å²) < 4.78 is 0. The monoisotopic (exact) mass is 194 g/mol. The van der Waals surface area contributed by atoms with E-state index in [0.717, 1.165) is 24.8 Å². The van der Waals surface area contributed by atoms with Gasteiger partial charge in [-0.05, 0) is 19.3 Å². The van der Waals surface area contributed by atoms with Gasteiger partial charge in [0.2, 0.25) is 0 Å². The first-order chi connectivity index (χ1) is 6.44. The van der Waals surface area contributed by atoms with Gasteiger partial charge in [-0.25, -0.2) is 0 Å². The van der Waals surface area contributed by atoms with Crippen molar-refractivity contribution in [2.45, 2.75) is 37.9 Å². The third kappa shape index (κ3) is 0.984. The molecule has 2 heteroatoms. The van der Waals surface area contributed by atoms with Gasteiger partial charge in [0.1, 0.15) is 5.60 Å². The minimum Gasteiger partial charge on any atom is -0.389 e. The van der Waals surface area contributed by atoms with Crippen LogP contribution in [-0.4, -0.2) is 21.9 Å². The lowest BCUT2D eigenvalue weighted by Crippen LogP contribution is -2.62. The van der Waals surface area contributed by atoms with E-state index in [1.54, 1.807) is 0 Å². The second kappa shape index (κ2) is 2.71. The maximum Gasteiger partial charge on any atom is 0.115 e. The van der Waals surface area contributed by atoms with E-state index in [1.807, 2.05) is 6.92 Å². The highest BCUT2D eigenvalue weighted by atomic mass is 16.3. The van der Waals surface area contributed by atoms with Crippen molar-refractivity contribution in [3.8, 4) is 0 Å². The van der Waals surface area contributed by atoms with Crippen LogP contribution < -0.4 is 0 Å². The molecule has 78 valence electrons. The Morgan fingerprint density at radius 2 is 2.21 bits per heavy atom. The number of rotatable bonds is 1. The van der Waals surface area contributed by atoms with Gasteiger partial charge in [-0.3, -0.25) is 0 Å². The Morgan fingerprint density at radius 1 is 1.57 bits per heavy atom. The van der Waals surface area contributed by atoms with Crippen molar-refractivity contribution in [1.82, 2.24) is 0 Å². The van der Waals surface area contributed by atoms with Crippen molar-refractivity contribution in [2.24, 2.45) is 11.3 Å². The Labute approximate surface area is 85.0 Å². The van der Waals surface area contributed by atoms with E-state index in [1.165, 1.54) is 6.08 Å². The Balaban J connectivity index is 2.47. The van der Waals surface area contributed by atoms with Gasteiger partial charge >= 0.3 is 0 Å². The number of fused-ring (bicyclic) bond motifs is 3. The summed E-state index contributed by atoms with van der Waals surface area (Å²) in [7, 11) is 0. The predicted octanol–water partition coefficient (Wildman–Crippen LogP) is 1.64. The first kappa shape index (κ1) is 9.94. The van der Waals surface area contributed by atoms with Crippen molar-refractivity contribution in [2.75, 3.05) is 0 Å². The highest BCUT2D eigenvalue weighted by Crippen LogP contribution is 2.56. The zero-order valence-electron chi connectivity index (χ0n) is 8.66. The fraction of sp³-hybridized carbons (Fsp3) is 0.667. The summed E-state index contributed by atoms with van der Waals surface area (Å²) in [4.78, 5) is 0. The standard InChI is InChI=1S/C12H18O2/c1-4-12(14)9-5-6-11(3,10(12)13)7-8(9)2/h4,9-10,13-14H,1-2,5-7H2,3H3. The van der Waals surface area contributed by atoms with Crippen LogP contribution in [0.2, 0.25) is 0 Å². The van der Waals surface area contributed by atoms with Crippen molar-refractivity contribution in [1.29, 1.82) is 0 Å². The van der Waals surface area contributed by atoms with Gasteiger partial charge in [0.25, 0.3) is 0 Å². The summed E-state index contributed by atoms with van der Waals surface area (Å²) in [6.45, 7) is 9.66. The molecule has 0 spiro atoms. The molecular weight excluding hydrogens is 176 g/mol. The van der Waals surface area contributed by atoms with Crippen LogP contribution in [0.5, 0.6) is 0 Å². The Hall–Kier alpha value is -0.600. The lowest BCUT2D eigenvalue weighted by atomic mass is 9.52. The quantitative estimate of drug-likeness (QED) is 0.623. The summed E-state index contributed by atoms with van der Waals surface area (Å²) in [6, 6.07) is 0. The third-order valence-electron chi connectivity index (χ3n) is 4.11. The van der Waals surface area contributed by atoms with Gasteiger partial charge in [0, 0.05) is 11.3 Å². The van der Waals surface area contributed by atoms with Crippen molar-refractivity contribution in [3.05, 3.63) is 24.8 Å². The lowest BCUT2D eigenvalue weighted by Gasteiger charge is -2.57. The van der Waals surface area contributed by atoms with Crippen LogP contribution in [0.15, 0.2) is 24.8 Å². The van der Waals surface area contributed by atoms with E-state index in [-0.39, 0.29) is 11.3 Å². The van der Waals surface area contributed by atoms with E-state index in [9.17, 15) is 10.2 Å². The Bertz CT molecular complexity index is 297. The van der Waals surface area contributed by atoms with Crippen LogP contribution in [0.3, 0.4) is 0 Å². The highest BCUT2D eigenvalue weighted by Gasteiger charge is 2.58. The Morgan fingerprint density at radius 3 is 2.71 bits per heavy atom. The molecule has 0 aromatic carbocycles. The van der Waals surface area contributed by atoms with Crippen LogP contribution in [0, 0.1) is 11.3 Å². The first-order valence-electron chi connectivity index (χ1n) is 5.16. The summed E-state index contributed by atoms with van der Waals surface area (Å²) in [6.07, 6.45) is 3.50. The van der Waals surface area contributed by atoms with Gasteiger partial charge in [-0.1, -0.05) is 25.2 Å². The predicted molar refractivity (Wildman–Crippen MR) is 55.7 cm³/mol. The summed E-state index contributed by atoms with van der Waals surface area (Å²) in [5.41, 5.74) is -0.302. The van der Waals surface area contributed by atoms with Crippen LogP contribution in [0.4, 0.5) is 0 Å². The maximum absolute atomic E-state index is 10.3. The molecule has 0 radical (unpaired) electrons. The van der Waals surface area contributed by atoms with E-state index in [4.69, 9.17) is 0 Å². The third-order valence-corrected chi connectivity index (χ3v) is 4.11. The number of aliphatic hydroxyl groups excluding tert-OH is 1. The molecule has 0 aromatic rings. The molecule has 3 rings (SSSR count). The smallest absolute Gasteiger partial charge is 0.115 e. The van der Waals surface area contributed by atoms with Crippen LogP contribution >= 0.6 is 0 Å². The minimum absolute atomic E-state index is 0.00294. The van der Waals surface area contributed by atoms with Crippen LogP contribution in [-0.2, 0) is 0 Å². The molecule has 2 bridgehead atoms. The molecule has 3 aliphatic rings. The lowest BCUT2D eigenvalue weighted by molar-refractivity contribution is -0.173. The number of aliphatic hydroxyl groups is 2. The molecule has 0 amide bonds. The Kier molecular flexibility index (Phi) is 1.92. The molecule has 3 saturated carbocycles. The van der Waals surface area contributed by atoms with E-state index < -0.39 is 11.7 Å². The van der Waals surface area contributed by atoms with Gasteiger partial charge in [0.15, 0.2) is 0 Å². The number of hydrogen-bond donors (Lipinski definition) is 2. The molecule has 0 saturated heterocycles. The molecule has 0 heterocycles. The van der Waals surface area contributed by atoms with Crippen molar-refractivity contribution >= 4 is 0 Å². The van der Waals surface area contributed by atoms with Gasteiger partial charge in [0.05, 0.1) is 6.10 Å². The fourth-order valence-electron chi connectivity index (χ4n) is 3.20. The highest BCUT2D eigenvalue weighted by molar-refractivity contribution is 5.28. The zero-order valence-corrected chi connectivity index (χ0v) is 8.66. The fourth-order valence-corrected chi connectivity index (χ4v) is 3.20. The summed E-state index contributed by atoms with van der Waals surface area (Å²) in [5, 5.41) is 20.5. The normalized spacial score (nSPS) is 52.1. The molecule has 14 heavy (non-hydrogen) atoms. The van der Waals surface area contributed by atoms with Gasteiger partial charge < -0.3 is 10.2 Å². The van der Waals surface area contributed by atoms with Crippen molar-refractivity contribution in [3.63, 3.8) is 0 Å². The summed E-state index contributed by atoms with van der Waals surface area (Å²) >= 11 is 0. The van der Waals surface area contributed by atoms with E-state index in [0.29, 0.717) is 0 Å². The molecule has 4 atom stereocenters. The largest absolute Gasteiger partial charge is 0.389 e. The SMILES string of the molecule is C=CC1(O)C2CCC(C)(CC2=C)C1O. The molecule has 0 aromatic heterocycles. The molecule has 2 nitrogen and oxygen atoms in total. The number of hydrogen-bond acceptors (Lipinski definition) is 2. The molecule has 0 aliphatic heterocycles. The van der Waals surface area contributed by atoms with Crippen molar-refractivity contribution < 1.29 is 10.2 Å². The second-order valence-electron chi connectivity index (χ2n) is 5.07. The second-order valence-corrected chi connectivity index (χ2v) is 5.07.